The minimum atomic E-state index is -2.89. The lowest BCUT2D eigenvalue weighted by molar-refractivity contribution is -0.139. The lowest BCUT2D eigenvalue weighted by Gasteiger charge is -2.14. The van der Waals surface area contributed by atoms with Gasteiger partial charge in [0, 0.05) is 18.5 Å². The van der Waals surface area contributed by atoms with Gasteiger partial charge in [0.1, 0.15) is 5.75 Å². The van der Waals surface area contributed by atoms with Crippen LogP contribution in [0.25, 0.3) is 0 Å². The summed E-state index contributed by atoms with van der Waals surface area (Å²) in [5.74, 6) is -0.579. The summed E-state index contributed by atoms with van der Waals surface area (Å²) >= 11 is 0. The molecule has 1 saturated heterocycles. The molecular weight excluding hydrogens is 370 g/mol. The summed E-state index contributed by atoms with van der Waals surface area (Å²) < 4.78 is 28.5. The molecule has 0 unspecified atom stereocenters. The number of ether oxygens (including phenoxy) is 1. The van der Waals surface area contributed by atoms with Gasteiger partial charge in [-0.05, 0) is 35.4 Å². The Morgan fingerprint density at radius 1 is 0.964 bits per heavy atom. The molecule has 3 amide bonds. The number of likely N-dealkylation sites (tertiary alicyclic amines) is 1. The number of rotatable bonds is 7. The van der Waals surface area contributed by atoms with Crippen LogP contribution in [0.2, 0.25) is 0 Å². The van der Waals surface area contributed by atoms with Crippen molar-refractivity contribution in [2.24, 2.45) is 0 Å². The number of nitrogens with zero attached hydrogens (tertiary/aromatic N) is 1. The van der Waals surface area contributed by atoms with E-state index in [4.69, 9.17) is 0 Å². The number of hydrogen-bond donors (Lipinski definition) is 1. The topological polar surface area (TPSA) is 75.7 Å². The number of carbonyl (C=O) groups is 3. The lowest BCUT2D eigenvalue weighted by atomic mass is 10.1. The molecule has 2 aromatic rings. The molecule has 0 saturated carbocycles. The number of amides is 3. The minimum absolute atomic E-state index is 0.0321. The predicted molar refractivity (Wildman–Crippen MR) is 96.6 cm³/mol. The van der Waals surface area contributed by atoms with Crippen molar-refractivity contribution in [2.45, 2.75) is 32.4 Å². The van der Waals surface area contributed by atoms with Gasteiger partial charge in [0.05, 0.1) is 13.0 Å². The maximum Gasteiger partial charge on any atom is 0.387 e. The fourth-order valence-electron chi connectivity index (χ4n) is 2.85. The van der Waals surface area contributed by atoms with Crippen LogP contribution in [0.4, 0.5) is 14.5 Å². The van der Waals surface area contributed by atoms with E-state index in [2.05, 4.69) is 10.1 Å². The Bertz CT molecular complexity index is 851. The van der Waals surface area contributed by atoms with E-state index in [0.29, 0.717) is 11.3 Å². The summed E-state index contributed by atoms with van der Waals surface area (Å²) in [6.45, 7) is -2.67. The fourth-order valence-corrected chi connectivity index (χ4v) is 2.85. The normalized spacial score (nSPS) is 13.9. The maximum absolute atomic E-state index is 12.1. The molecule has 8 heteroatoms. The zero-order chi connectivity index (χ0) is 20.1. The molecular formula is C20H18F2N2O4. The molecule has 1 aliphatic rings. The molecule has 1 heterocycles. The monoisotopic (exact) mass is 388 g/mol. The first-order chi connectivity index (χ1) is 13.4. The highest BCUT2D eigenvalue weighted by Gasteiger charge is 2.28. The molecule has 3 rings (SSSR count). The Hall–Kier alpha value is -3.29. The second kappa shape index (κ2) is 8.60. The van der Waals surface area contributed by atoms with Crippen molar-refractivity contribution in [3.8, 4) is 5.75 Å². The molecule has 0 aromatic heterocycles. The van der Waals surface area contributed by atoms with E-state index in [1.165, 1.54) is 17.0 Å². The first-order valence-corrected chi connectivity index (χ1v) is 8.66. The van der Waals surface area contributed by atoms with Gasteiger partial charge in [0.15, 0.2) is 0 Å². The minimum Gasteiger partial charge on any atom is -0.435 e. The molecule has 146 valence electrons. The van der Waals surface area contributed by atoms with E-state index in [0.717, 1.165) is 5.56 Å². The van der Waals surface area contributed by atoms with Gasteiger partial charge < -0.3 is 10.1 Å². The molecule has 0 atom stereocenters. The Morgan fingerprint density at radius 3 is 2.11 bits per heavy atom. The van der Waals surface area contributed by atoms with Crippen molar-refractivity contribution in [3.63, 3.8) is 0 Å². The van der Waals surface area contributed by atoms with Crippen LogP contribution in [-0.2, 0) is 27.3 Å². The summed E-state index contributed by atoms with van der Waals surface area (Å²) in [7, 11) is 0. The molecule has 0 aliphatic carbocycles. The second-order valence-corrected chi connectivity index (χ2v) is 6.32. The fraction of sp³-hybridized carbons (Fsp3) is 0.250. The van der Waals surface area contributed by atoms with Gasteiger partial charge in [-0.2, -0.15) is 8.78 Å². The van der Waals surface area contributed by atoms with Gasteiger partial charge in [0.2, 0.25) is 17.7 Å². The van der Waals surface area contributed by atoms with E-state index in [9.17, 15) is 23.2 Å². The zero-order valence-electron chi connectivity index (χ0n) is 14.9. The quantitative estimate of drug-likeness (QED) is 0.740. The third kappa shape index (κ3) is 5.12. The van der Waals surface area contributed by atoms with E-state index < -0.39 is 6.61 Å². The van der Waals surface area contributed by atoms with Crippen molar-refractivity contribution in [2.75, 3.05) is 5.32 Å². The van der Waals surface area contributed by atoms with Crippen LogP contribution >= 0.6 is 0 Å². The van der Waals surface area contributed by atoms with Crippen LogP contribution < -0.4 is 10.1 Å². The number of halogens is 2. The number of alkyl halides is 2. The standard InChI is InChI=1S/C20H18F2N2O4/c21-20(22)28-16-7-3-13(4-8-16)11-17(25)23-15-5-1-14(2-6-15)12-24-18(26)9-10-19(24)27/h1-8,20H,9-12H2,(H,23,25). The summed E-state index contributed by atoms with van der Waals surface area (Å²) in [6, 6.07) is 12.7. The lowest BCUT2D eigenvalue weighted by Crippen LogP contribution is -2.28. The van der Waals surface area contributed by atoms with E-state index in [1.807, 2.05) is 0 Å². The van der Waals surface area contributed by atoms with Gasteiger partial charge in [-0.1, -0.05) is 24.3 Å². The van der Waals surface area contributed by atoms with E-state index in [1.54, 1.807) is 36.4 Å². The van der Waals surface area contributed by atoms with Gasteiger partial charge >= 0.3 is 6.61 Å². The highest BCUT2D eigenvalue weighted by Crippen LogP contribution is 2.18. The molecule has 1 fully saturated rings. The molecule has 1 aliphatic heterocycles. The number of benzene rings is 2. The summed E-state index contributed by atoms with van der Waals surface area (Å²) in [6.07, 6.45) is 0.581. The van der Waals surface area contributed by atoms with Crippen molar-refractivity contribution < 1.29 is 27.9 Å². The van der Waals surface area contributed by atoms with Crippen LogP contribution in [0.3, 0.4) is 0 Å². The Kier molecular flexibility index (Phi) is 5.98. The molecule has 0 radical (unpaired) electrons. The number of anilines is 1. The van der Waals surface area contributed by atoms with Crippen molar-refractivity contribution in [1.82, 2.24) is 4.90 Å². The SMILES string of the molecule is O=C(Cc1ccc(OC(F)F)cc1)Nc1ccc(CN2C(=O)CCC2=O)cc1. The van der Waals surface area contributed by atoms with Crippen molar-refractivity contribution >= 4 is 23.4 Å². The highest BCUT2D eigenvalue weighted by atomic mass is 19.3. The average Bonchev–Trinajstić information content (AvgIpc) is 2.96. The van der Waals surface area contributed by atoms with Crippen LogP contribution in [0.15, 0.2) is 48.5 Å². The van der Waals surface area contributed by atoms with Crippen LogP contribution in [0.5, 0.6) is 5.75 Å². The molecule has 1 N–H and O–H groups in total. The predicted octanol–water partition coefficient (Wildman–Crippen LogP) is 3.12. The molecule has 28 heavy (non-hydrogen) atoms. The summed E-state index contributed by atoms with van der Waals surface area (Å²) in [4.78, 5) is 36.7. The van der Waals surface area contributed by atoms with Gasteiger partial charge in [-0.3, -0.25) is 19.3 Å². The first kappa shape index (κ1) is 19.5. The van der Waals surface area contributed by atoms with Gasteiger partial charge in [-0.15, -0.1) is 0 Å². The number of imide groups is 1. The van der Waals surface area contributed by atoms with Crippen LogP contribution in [-0.4, -0.2) is 29.2 Å². The Morgan fingerprint density at radius 2 is 1.54 bits per heavy atom. The van der Waals surface area contributed by atoms with E-state index >= 15 is 0 Å². The second-order valence-electron chi connectivity index (χ2n) is 6.32. The number of hydrogen-bond acceptors (Lipinski definition) is 4. The van der Waals surface area contributed by atoms with Crippen molar-refractivity contribution in [1.29, 1.82) is 0 Å². The van der Waals surface area contributed by atoms with Gasteiger partial charge in [-0.25, -0.2) is 0 Å². The largest absolute Gasteiger partial charge is 0.435 e. The van der Waals surface area contributed by atoms with Crippen LogP contribution in [0.1, 0.15) is 24.0 Å². The zero-order valence-corrected chi connectivity index (χ0v) is 14.9. The van der Waals surface area contributed by atoms with E-state index in [-0.39, 0.29) is 49.3 Å². The molecule has 0 spiro atoms. The first-order valence-electron chi connectivity index (χ1n) is 8.66. The third-order valence-corrected chi connectivity index (χ3v) is 4.25. The van der Waals surface area contributed by atoms with Gasteiger partial charge in [0.25, 0.3) is 0 Å². The Labute approximate surface area is 160 Å². The highest BCUT2D eigenvalue weighted by molar-refractivity contribution is 6.01. The number of carbonyl (C=O) groups excluding carboxylic acids is 3. The Balaban J connectivity index is 1.53. The van der Waals surface area contributed by atoms with Crippen molar-refractivity contribution in [3.05, 3.63) is 59.7 Å². The molecule has 2 aromatic carbocycles. The summed E-state index contributed by atoms with van der Waals surface area (Å²) in [5.41, 5.74) is 2.02. The molecule has 6 nitrogen and oxygen atoms in total. The smallest absolute Gasteiger partial charge is 0.387 e. The van der Waals surface area contributed by atoms with Crippen LogP contribution in [0, 0.1) is 0 Å². The molecule has 0 bridgehead atoms. The third-order valence-electron chi connectivity index (χ3n) is 4.25. The number of nitrogens with one attached hydrogen (secondary N) is 1. The average molecular weight is 388 g/mol. The maximum atomic E-state index is 12.1. The summed E-state index contributed by atoms with van der Waals surface area (Å²) in [5, 5.41) is 2.74.